The van der Waals surface area contributed by atoms with E-state index in [-0.39, 0.29) is 40.7 Å². The van der Waals surface area contributed by atoms with Gasteiger partial charge in [0.2, 0.25) is 5.54 Å². The molecule has 172 valence electrons. The normalized spacial score (nSPS) is 20.8. The number of rotatable bonds is 4. The molecule has 0 radical (unpaired) electrons. The van der Waals surface area contributed by atoms with Crippen molar-refractivity contribution in [2.24, 2.45) is 0 Å². The summed E-state index contributed by atoms with van der Waals surface area (Å²) in [6, 6.07) is 12.1. The fourth-order valence-electron chi connectivity index (χ4n) is 4.25. The van der Waals surface area contributed by atoms with E-state index < -0.39 is 34.9 Å². The molecule has 4 rings (SSSR count). The van der Waals surface area contributed by atoms with Gasteiger partial charge in [-0.3, -0.25) is 14.4 Å². The van der Waals surface area contributed by atoms with Crippen LogP contribution in [0.2, 0.25) is 10.0 Å². The average Bonchev–Trinajstić information content (AvgIpc) is 2.99. The maximum Gasteiger partial charge on any atom is 0.425 e. The predicted octanol–water partition coefficient (Wildman–Crippen LogP) is 5.07. The first-order valence-corrected chi connectivity index (χ1v) is 10.8. The second-order valence-corrected chi connectivity index (χ2v) is 8.65. The Morgan fingerprint density at radius 2 is 1.76 bits per heavy atom. The van der Waals surface area contributed by atoms with Gasteiger partial charge in [0.05, 0.1) is 22.7 Å². The van der Waals surface area contributed by atoms with Crippen molar-refractivity contribution in [2.45, 2.75) is 37.5 Å². The molecule has 1 heterocycles. The summed E-state index contributed by atoms with van der Waals surface area (Å²) >= 11 is 11.8. The Morgan fingerprint density at radius 3 is 2.39 bits per heavy atom. The molecule has 0 bridgehead atoms. The summed E-state index contributed by atoms with van der Waals surface area (Å²) < 4.78 is 44.0. The van der Waals surface area contributed by atoms with Crippen LogP contribution in [0, 0.1) is 0 Å². The lowest BCUT2D eigenvalue weighted by Crippen LogP contribution is -2.66. The fourth-order valence-corrected chi connectivity index (χ4v) is 4.74. The van der Waals surface area contributed by atoms with Crippen molar-refractivity contribution in [1.82, 2.24) is 10.2 Å². The van der Waals surface area contributed by atoms with Crippen LogP contribution in [0.5, 0.6) is 0 Å². The number of alkyl halides is 3. The molecule has 5 nitrogen and oxygen atoms in total. The third-order valence-corrected chi connectivity index (χ3v) is 6.28. The summed E-state index contributed by atoms with van der Waals surface area (Å²) in [6.45, 7) is -0.165. The standard InChI is InChI=1S/C23H17Cl2F3N2O3/c24-14-9-10-15(16(25)11-14)20(32)29-22(23(26,27)28)19-17(7-4-8-18(19)31)30(21(22)33)12-13-5-2-1-3-6-13/h1-3,5-6,9-11H,4,7-8,12H2,(H,29,32)/t22-/m0/s1. The summed E-state index contributed by atoms with van der Waals surface area (Å²) in [5.41, 5.74) is -3.96. The highest BCUT2D eigenvalue weighted by Gasteiger charge is 2.70. The molecule has 33 heavy (non-hydrogen) atoms. The first-order valence-electron chi connectivity index (χ1n) is 10.0. The van der Waals surface area contributed by atoms with Crippen molar-refractivity contribution in [3.05, 3.63) is 81.0 Å². The van der Waals surface area contributed by atoms with Crippen molar-refractivity contribution < 1.29 is 27.6 Å². The van der Waals surface area contributed by atoms with Crippen LogP contribution in [-0.4, -0.2) is 34.2 Å². The van der Waals surface area contributed by atoms with Gasteiger partial charge in [-0.25, -0.2) is 0 Å². The Bertz CT molecular complexity index is 1180. The van der Waals surface area contributed by atoms with Gasteiger partial charge in [0.15, 0.2) is 5.78 Å². The summed E-state index contributed by atoms with van der Waals surface area (Å²) in [5.74, 6) is -3.48. The van der Waals surface area contributed by atoms with Crippen molar-refractivity contribution in [3.8, 4) is 0 Å². The van der Waals surface area contributed by atoms with Crippen LogP contribution < -0.4 is 5.32 Å². The average molecular weight is 497 g/mol. The number of hydrogen-bond donors (Lipinski definition) is 1. The van der Waals surface area contributed by atoms with Gasteiger partial charge >= 0.3 is 6.18 Å². The minimum absolute atomic E-state index is 0.0140. The van der Waals surface area contributed by atoms with E-state index in [1.165, 1.54) is 12.1 Å². The van der Waals surface area contributed by atoms with E-state index in [2.05, 4.69) is 0 Å². The first kappa shape index (κ1) is 23.3. The number of Topliss-reactive ketones (excluding diaryl/α,β-unsaturated/α-hetero) is 1. The quantitative estimate of drug-likeness (QED) is 0.642. The third kappa shape index (κ3) is 3.91. The van der Waals surface area contributed by atoms with Crippen molar-refractivity contribution >= 4 is 40.8 Å². The summed E-state index contributed by atoms with van der Waals surface area (Å²) in [5, 5.41) is 1.84. The smallest absolute Gasteiger partial charge is 0.326 e. The zero-order valence-electron chi connectivity index (χ0n) is 17.0. The number of nitrogens with one attached hydrogen (secondary N) is 1. The second-order valence-electron chi connectivity index (χ2n) is 7.80. The topological polar surface area (TPSA) is 66.5 Å². The Labute approximate surface area is 197 Å². The lowest BCUT2D eigenvalue weighted by molar-refractivity contribution is -0.190. The van der Waals surface area contributed by atoms with E-state index in [0.29, 0.717) is 12.0 Å². The number of ketones is 1. The SMILES string of the molecule is O=C1CCCC2=C1[C@@](NC(=O)c1ccc(Cl)cc1Cl)(C(F)(F)F)C(=O)N2Cc1ccccc1. The monoisotopic (exact) mass is 496 g/mol. The van der Waals surface area contributed by atoms with Gasteiger partial charge in [-0.2, -0.15) is 13.2 Å². The fraction of sp³-hybridized carbons (Fsp3) is 0.261. The second kappa shape index (κ2) is 8.50. The first-order chi connectivity index (χ1) is 15.6. The van der Waals surface area contributed by atoms with Crippen molar-refractivity contribution in [1.29, 1.82) is 0 Å². The van der Waals surface area contributed by atoms with Gasteiger partial charge in [-0.15, -0.1) is 0 Å². The maximum absolute atomic E-state index is 14.7. The molecule has 0 spiro atoms. The number of halogens is 5. The van der Waals surface area contributed by atoms with Crippen LogP contribution in [-0.2, 0) is 16.1 Å². The molecule has 1 aliphatic carbocycles. The largest absolute Gasteiger partial charge is 0.425 e. The van der Waals surface area contributed by atoms with Gasteiger partial charge in [-0.1, -0.05) is 53.5 Å². The zero-order valence-corrected chi connectivity index (χ0v) is 18.5. The summed E-state index contributed by atoms with van der Waals surface area (Å²) in [7, 11) is 0. The number of carbonyl (C=O) groups is 3. The van der Waals surface area contributed by atoms with E-state index >= 15 is 0 Å². The van der Waals surface area contributed by atoms with Crippen LogP contribution in [0.4, 0.5) is 13.2 Å². The van der Waals surface area contributed by atoms with E-state index in [1.807, 2.05) is 5.32 Å². The van der Waals surface area contributed by atoms with Gasteiger partial charge in [0.1, 0.15) is 0 Å². The van der Waals surface area contributed by atoms with Crippen LogP contribution in [0.15, 0.2) is 59.8 Å². The van der Waals surface area contributed by atoms with Crippen molar-refractivity contribution in [2.75, 3.05) is 0 Å². The van der Waals surface area contributed by atoms with Crippen LogP contribution in [0.3, 0.4) is 0 Å². The molecule has 0 fully saturated rings. The highest BCUT2D eigenvalue weighted by Crippen LogP contribution is 2.49. The molecule has 2 aromatic carbocycles. The third-order valence-electron chi connectivity index (χ3n) is 5.74. The maximum atomic E-state index is 14.7. The molecule has 1 aliphatic heterocycles. The Kier molecular flexibility index (Phi) is 6.01. The number of nitrogens with zero attached hydrogens (tertiary/aromatic N) is 1. The van der Waals surface area contributed by atoms with Gasteiger partial charge in [-0.05, 0) is 36.6 Å². The number of carbonyl (C=O) groups excluding carboxylic acids is 3. The number of amides is 2. The Hall–Kier alpha value is -2.84. The Balaban J connectivity index is 1.84. The molecule has 0 unspecified atom stereocenters. The van der Waals surface area contributed by atoms with Crippen molar-refractivity contribution in [3.63, 3.8) is 0 Å². The molecule has 10 heteroatoms. The van der Waals surface area contributed by atoms with Crippen LogP contribution in [0.25, 0.3) is 0 Å². The highest BCUT2D eigenvalue weighted by atomic mass is 35.5. The van der Waals surface area contributed by atoms with Gasteiger partial charge in [0.25, 0.3) is 11.8 Å². The molecule has 2 aromatic rings. The zero-order chi connectivity index (χ0) is 24.0. The minimum atomic E-state index is -5.28. The molecule has 0 saturated carbocycles. The molecule has 0 saturated heterocycles. The molecular formula is C23H17Cl2F3N2O3. The molecule has 2 amide bonds. The Morgan fingerprint density at radius 1 is 1.06 bits per heavy atom. The van der Waals surface area contributed by atoms with Crippen LogP contribution in [0.1, 0.15) is 35.2 Å². The molecule has 0 aromatic heterocycles. The predicted molar refractivity (Wildman–Crippen MR) is 116 cm³/mol. The van der Waals surface area contributed by atoms with Crippen LogP contribution >= 0.6 is 23.2 Å². The highest BCUT2D eigenvalue weighted by molar-refractivity contribution is 6.36. The molecule has 1 N–H and O–H groups in total. The lowest BCUT2D eigenvalue weighted by Gasteiger charge is -2.33. The number of allylic oxidation sites excluding steroid dienone is 1. The summed E-state index contributed by atoms with van der Waals surface area (Å²) in [6.07, 6.45) is -5.02. The molecular weight excluding hydrogens is 480 g/mol. The summed E-state index contributed by atoms with van der Waals surface area (Å²) in [4.78, 5) is 40.1. The van der Waals surface area contributed by atoms with E-state index in [9.17, 15) is 27.6 Å². The number of hydrogen-bond acceptors (Lipinski definition) is 3. The van der Waals surface area contributed by atoms with Gasteiger partial charge < -0.3 is 10.2 Å². The molecule has 1 atom stereocenters. The minimum Gasteiger partial charge on any atom is -0.326 e. The number of benzene rings is 2. The van der Waals surface area contributed by atoms with E-state index in [4.69, 9.17) is 23.2 Å². The lowest BCUT2D eigenvalue weighted by atomic mass is 9.82. The van der Waals surface area contributed by atoms with E-state index in [0.717, 1.165) is 11.0 Å². The van der Waals surface area contributed by atoms with E-state index in [1.54, 1.807) is 30.3 Å². The van der Waals surface area contributed by atoms with Gasteiger partial charge in [0, 0.05) is 17.1 Å². The molecule has 2 aliphatic rings.